The number of nitrogens with one attached hydrogen (secondary N) is 2. The molecule has 0 bridgehead atoms. The number of urea groups is 1. The highest BCUT2D eigenvalue weighted by Gasteiger charge is 2.00. The second-order valence-electron chi connectivity index (χ2n) is 3.51. The maximum Gasteiger partial charge on any atom is 0.319 e. The van der Waals surface area contributed by atoms with Crippen molar-refractivity contribution in [3.05, 3.63) is 24.3 Å². The van der Waals surface area contributed by atoms with E-state index in [1.807, 2.05) is 43.3 Å². The Kier molecular flexibility index (Phi) is 4.92. The molecule has 0 aromatic heterocycles. The first kappa shape index (κ1) is 12.6. The number of nitrogens with zero attached hydrogens (tertiary/aromatic N) is 1. The quantitative estimate of drug-likeness (QED) is 0.793. The molecule has 0 fully saturated rings. The molecule has 0 heterocycles. The number of hydrogen-bond acceptors (Lipinski definition) is 2. The van der Waals surface area contributed by atoms with Crippen molar-refractivity contribution < 1.29 is 4.79 Å². The molecule has 0 aliphatic carbocycles. The topological polar surface area (TPSA) is 44.4 Å². The van der Waals surface area contributed by atoms with E-state index in [1.54, 1.807) is 0 Å². The Morgan fingerprint density at radius 1 is 1.31 bits per heavy atom. The van der Waals surface area contributed by atoms with E-state index in [-0.39, 0.29) is 6.03 Å². The Morgan fingerprint density at radius 2 is 1.94 bits per heavy atom. The lowest BCUT2D eigenvalue weighted by atomic mass is 10.2. The number of hydrogen-bond donors (Lipinski definition) is 2. The van der Waals surface area contributed by atoms with Gasteiger partial charge in [0.15, 0.2) is 0 Å². The molecule has 4 nitrogen and oxygen atoms in total. The maximum atomic E-state index is 11.3. The molecule has 0 saturated heterocycles. The van der Waals surface area contributed by atoms with E-state index in [2.05, 4.69) is 10.6 Å². The van der Waals surface area contributed by atoms with Gasteiger partial charge in [-0.2, -0.15) is 0 Å². The molecule has 1 aromatic rings. The van der Waals surface area contributed by atoms with Crippen LogP contribution in [0.4, 0.5) is 16.2 Å². The Labute approximate surface area is 101 Å². The van der Waals surface area contributed by atoms with Crippen molar-refractivity contribution in [3.63, 3.8) is 0 Å². The highest BCUT2D eigenvalue weighted by Crippen LogP contribution is 2.15. The van der Waals surface area contributed by atoms with E-state index in [4.69, 9.17) is 11.6 Å². The molecule has 16 heavy (non-hydrogen) atoms. The minimum absolute atomic E-state index is 0.238. The Morgan fingerprint density at radius 3 is 2.44 bits per heavy atom. The zero-order valence-electron chi connectivity index (χ0n) is 9.46. The molecule has 0 unspecified atom stereocenters. The fraction of sp³-hybridized carbons (Fsp3) is 0.364. The average Bonchev–Trinajstić information content (AvgIpc) is 2.27. The number of anilines is 2. The highest BCUT2D eigenvalue weighted by atomic mass is 35.5. The summed E-state index contributed by atoms with van der Waals surface area (Å²) >= 11 is 5.46. The summed E-state index contributed by atoms with van der Waals surface area (Å²) in [5, 5.41) is 5.34. The summed E-state index contributed by atoms with van der Waals surface area (Å²) in [7, 11) is 3.94. The molecular weight excluding hydrogens is 226 g/mol. The monoisotopic (exact) mass is 241 g/mol. The van der Waals surface area contributed by atoms with Crippen LogP contribution in [0.5, 0.6) is 0 Å². The van der Waals surface area contributed by atoms with Gasteiger partial charge in [-0.1, -0.05) is 0 Å². The van der Waals surface area contributed by atoms with Crippen molar-refractivity contribution in [2.75, 3.05) is 36.7 Å². The van der Waals surface area contributed by atoms with Crippen LogP contribution in [0.3, 0.4) is 0 Å². The third-order valence-electron chi connectivity index (χ3n) is 2.02. The van der Waals surface area contributed by atoms with E-state index in [0.29, 0.717) is 12.4 Å². The molecule has 88 valence electrons. The van der Waals surface area contributed by atoms with Crippen molar-refractivity contribution in [1.82, 2.24) is 5.32 Å². The van der Waals surface area contributed by atoms with E-state index in [9.17, 15) is 4.79 Å². The zero-order valence-corrected chi connectivity index (χ0v) is 10.2. The van der Waals surface area contributed by atoms with Gasteiger partial charge in [0, 0.05) is 37.9 Å². The molecule has 0 atom stereocenters. The summed E-state index contributed by atoms with van der Waals surface area (Å²) in [5.41, 5.74) is 1.85. The Hall–Kier alpha value is -1.42. The maximum absolute atomic E-state index is 11.3. The first-order chi connectivity index (χ1) is 7.63. The van der Waals surface area contributed by atoms with Crippen LogP contribution >= 0.6 is 11.6 Å². The van der Waals surface area contributed by atoms with Gasteiger partial charge in [0.05, 0.1) is 0 Å². The summed E-state index contributed by atoms with van der Waals surface area (Å²) in [4.78, 5) is 13.3. The largest absolute Gasteiger partial charge is 0.378 e. The van der Waals surface area contributed by atoms with Gasteiger partial charge in [-0.3, -0.25) is 0 Å². The molecule has 1 aromatic carbocycles. The number of alkyl halides is 1. The molecule has 2 N–H and O–H groups in total. The lowest BCUT2D eigenvalue weighted by Gasteiger charge is -2.13. The third-order valence-corrected chi connectivity index (χ3v) is 2.21. The number of carbonyl (C=O) groups is 1. The fourth-order valence-electron chi connectivity index (χ4n) is 1.18. The Bertz CT molecular complexity index is 338. The van der Waals surface area contributed by atoms with Crippen molar-refractivity contribution >= 4 is 29.0 Å². The number of carbonyl (C=O) groups excluding carboxylic acids is 1. The average molecular weight is 242 g/mol. The Balaban J connectivity index is 2.51. The molecule has 0 aliphatic rings. The normalized spacial score (nSPS) is 9.69. The molecule has 0 aliphatic heterocycles. The van der Waals surface area contributed by atoms with E-state index in [1.165, 1.54) is 0 Å². The summed E-state index contributed by atoms with van der Waals surface area (Å²) in [5.74, 6) is 0.410. The van der Waals surface area contributed by atoms with Crippen molar-refractivity contribution in [3.8, 4) is 0 Å². The lowest BCUT2D eigenvalue weighted by molar-refractivity contribution is 0.252. The van der Waals surface area contributed by atoms with Gasteiger partial charge in [-0.25, -0.2) is 4.79 Å². The van der Waals surface area contributed by atoms with Gasteiger partial charge in [0.1, 0.15) is 0 Å². The van der Waals surface area contributed by atoms with Gasteiger partial charge < -0.3 is 15.5 Å². The minimum atomic E-state index is -0.238. The van der Waals surface area contributed by atoms with Crippen LogP contribution in [-0.4, -0.2) is 32.6 Å². The number of amides is 2. The lowest BCUT2D eigenvalue weighted by Crippen LogP contribution is -2.30. The second-order valence-corrected chi connectivity index (χ2v) is 3.89. The van der Waals surface area contributed by atoms with Crippen molar-refractivity contribution in [2.45, 2.75) is 0 Å². The van der Waals surface area contributed by atoms with Gasteiger partial charge in [-0.15, -0.1) is 11.6 Å². The standard InChI is InChI=1S/C11H16ClN3O/c1-15(2)10-5-3-9(4-6-10)14-11(16)13-8-7-12/h3-6H,7-8H2,1-2H3,(H2,13,14,16). The molecule has 5 heteroatoms. The molecule has 0 spiro atoms. The number of benzene rings is 1. The molecule has 0 saturated carbocycles. The molecular formula is C11H16ClN3O. The summed E-state index contributed by atoms with van der Waals surface area (Å²) in [6.45, 7) is 0.461. The SMILES string of the molecule is CN(C)c1ccc(NC(=O)NCCCl)cc1. The van der Waals surface area contributed by atoms with Crippen molar-refractivity contribution in [1.29, 1.82) is 0 Å². The van der Waals surface area contributed by atoms with E-state index >= 15 is 0 Å². The van der Waals surface area contributed by atoms with Crippen LogP contribution in [0, 0.1) is 0 Å². The van der Waals surface area contributed by atoms with E-state index < -0.39 is 0 Å². The fourth-order valence-corrected chi connectivity index (χ4v) is 1.27. The van der Waals surface area contributed by atoms with Crippen molar-refractivity contribution in [2.24, 2.45) is 0 Å². The first-order valence-electron chi connectivity index (χ1n) is 5.01. The third kappa shape index (κ3) is 3.98. The highest BCUT2D eigenvalue weighted by molar-refractivity contribution is 6.18. The van der Waals surface area contributed by atoms with Crippen LogP contribution in [0.2, 0.25) is 0 Å². The zero-order chi connectivity index (χ0) is 12.0. The smallest absolute Gasteiger partial charge is 0.319 e. The van der Waals surface area contributed by atoms with Crippen LogP contribution in [0.15, 0.2) is 24.3 Å². The minimum Gasteiger partial charge on any atom is -0.378 e. The van der Waals surface area contributed by atoms with Gasteiger partial charge >= 0.3 is 6.03 Å². The number of halogens is 1. The predicted octanol–water partition coefficient (Wildman–Crippen LogP) is 2.11. The van der Waals surface area contributed by atoms with Gasteiger partial charge in [0.2, 0.25) is 0 Å². The molecule has 1 rings (SSSR count). The van der Waals surface area contributed by atoms with Gasteiger partial charge in [-0.05, 0) is 24.3 Å². The van der Waals surface area contributed by atoms with Crippen LogP contribution < -0.4 is 15.5 Å². The predicted molar refractivity (Wildman–Crippen MR) is 68.5 cm³/mol. The van der Waals surface area contributed by atoms with E-state index in [0.717, 1.165) is 11.4 Å². The first-order valence-corrected chi connectivity index (χ1v) is 5.55. The summed E-state index contributed by atoms with van der Waals surface area (Å²) in [6, 6.07) is 7.36. The second kappa shape index (κ2) is 6.23. The molecule has 0 radical (unpaired) electrons. The van der Waals surface area contributed by atoms with Crippen LogP contribution in [0.1, 0.15) is 0 Å². The van der Waals surface area contributed by atoms with Crippen LogP contribution in [0.25, 0.3) is 0 Å². The summed E-state index contributed by atoms with van der Waals surface area (Å²) < 4.78 is 0. The number of rotatable bonds is 4. The van der Waals surface area contributed by atoms with Gasteiger partial charge in [0.25, 0.3) is 0 Å². The molecule has 2 amide bonds. The van der Waals surface area contributed by atoms with Crippen LogP contribution in [-0.2, 0) is 0 Å². The summed E-state index contributed by atoms with van der Waals surface area (Å²) in [6.07, 6.45) is 0.